The molecule has 1 atom stereocenters. The van der Waals surface area contributed by atoms with E-state index in [1.807, 2.05) is 20.8 Å². The van der Waals surface area contributed by atoms with Gasteiger partial charge in [0, 0.05) is 19.8 Å². The lowest BCUT2D eigenvalue weighted by atomic mass is 10.3. The summed E-state index contributed by atoms with van der Waals surface area (Å²) in [6.45, 7) is 8.99. The standard InChI is InChI=1S/C11H24N2O2/c1-4-7-13-11(14)10(3)12-8-6-9-15-5-2/h10,12H,4-9H2,1-3H3,(H,13,14). The van der Waals surface area contributed by atoms with Gasteiger partial charge < -0.3 is 15.4 Å². The van der Waals surface area contributed by atoms with Crippen LogP contribution in [0.2, 0.25) is 0 Å². The molecule has 0 bridgehead atoms. The summed E-state index contributed by atoms with van der Waals surface area (Å²) in [6, 6.07) is -0.113. The van der Waals surface area contributed by atoms with E-state index in [0.29, 0.717) is 0 Å². The number of rotatable bonds is 9. The first-order chi connectivity index (χ1) is 7.22. The Kier molecular flexibility index (Phi) is 9.52. The smallest absolute Gasteiger partial charge is 0.236 e. The summed E-state index contributed by atoms with van der Waals surface area (Å²) in [5, 5.41) is 6.01. The molecule has 0 heterocycles. The average Bonchev–Trinajstić information content (AvgIpc) is 2.25. The first-order valence-electron chi connectivity index (χ1n) is 5.81. The largest absolute Gasteiger partial charge is 0.382 e. The predicted octanol–water partition coefficient (Wildman–Crippen LogP) is 0.917. The monoisotopic (exact) mass is 216 g/mol. The number of hydrogen-bond donors (Lipinski definition) is 2. The fourth-order valence-corrected chi connectivity index (χ4v) is 1.13. The molecule has 0 aliphatic carbocycles. The number of amides is 1. The van der Waals surface area contributed by atoms with E-state index >= 15 is 0 Å². The number of ether oxygens (including phenoxy) is 1. The van der Waals surface area contributed by atoms with Crippen LogP contribution in [0.1, 0.15) is 33.6 Å². The third-order valence-electron chi connectivity index (χ3n) is 2.06. The van der Waals surface area contributed by atoms with E-state index in [1.54, 1.807) is 0 Å². The molecular weight excluding hydrogens is 192 g/mol. The molecule has 15 heavy (non-hydrogen) atoms. The first kappa shape index (κ1) is 14.4. The van der Waals surface area contributed by atoms with Crippen LogP contribution in [-0.4, -0.2) is 38.3 Å². The Morgan fingerprint density at radius 3 is 2.67 bits per heavy atom. The van der Waals surface area contributed by atoms with E-state index in [-0.39, 0.29) is 11.9 Å². The third-order valence-corrected chi connectivity index (χ3v) is 2.06. The van der Waals surface area contributed by atoms with Crippen LogP contribution in [0.3, 0.4) is 0 Å². The van der Waals surface area contributed by atoms with E-state index in [0.717, 1.165) is 39.1 Å². The van der Waals surface area contributed by atoms with Gasteiger partial charge in [-0.15, -0.1) is 0 Å². The lowest BCUT2D eigenvalue weighted by molar-refractivity contribution is -0.122. The number of nitrogens with one attached hydrogen (secondary N) is 2. The molecule has 0 radical (unpaired) electrons. The molecule has 0 rings (SSSR count). The van der Waals surface area contributed by atoms with E-state index in [9.17, 15) is 4.79 Å². The Hall–Kier alpha value is -0.610. The second-order valence-corrected chi connectivity index (χ2v) is 3.52. The summed E-state index contributed by atoms with van der Waals surface area (Å²) in [5.41, 5.74) is 0. The molecule has 0 aromatic rings. The molecule has 4 nitrogen and oxygen atoms in total. The fourth-order valence-electron chi connectivity index (χ4n) is 1.13. The normalized spacial score (nSPS) is 12.5. The van der Waals surface area contributed by atoms with Gasteiger partial charge in [-0.1, -0.05) is 6.92 Å². The minimum absolute atomic E-state index is 0.0771. The van der Waals surface area contributed by atoms with Gasteiger partial charge in [0.25, 0.3) is 0 Å². The molecule has 0 aromatic heterocycles. The van der Waals surface area contributed by atoms with Crippen LogP contribution in [0.5, 0.6) is 0 Å². The van der Waals surface area contributed by atoms with Crippen molar-refractivity contribution >= 4 is 5.91 Å². The Labute approximate surface area is 92.8 Å². The van der Waals surface area contributed by atoms with Crippen LogP contribution < -0.4 is 10.6 Å². The Morgan fingerprint density at radius 2 is 2.07 bits per heavy atom. The van der Waals surface area contributed by atoms with E-state index in [1.165, 1.54) is 0 Å². The Morgan fingerprint density at radius 1 is 1.33 bits per heavy atom. The number of carbonyl (C=O) groups excluding carboxylic acids is 1. The Bertz CT molecular complexity index is 163. The zero-order valence-corrected chi connectivity index (χ0v) is 10.1. The van der Waals surface area contributed by atoms with Crippen LogP contribution in [0.15, 0.2) is 0 Å². The summed E-state index contributed by atoms with van der Waals surface area (Å²) in [4.78, 5) is 11.4. The molecule has 90 valence electrons. The van der Waals surface area contributed by atoms with Gasteiger partial charge >= 0.3 is 0 Å². The molecule has 1 amide bonds. The van der Waals surface area contributed by atoms with Gasteiger partial charge in [0.1, 0.15) is 0 Å². The molecule has 0 spiro atoms. The highest BCUT2D eigenvalue weighted by Gasteiger charge is 2.09. The summed E-state index contributed by atoms with van der Waals surface area (Å²) in [7, 11) is 0. The summed E-state index contributed by atoms with van der Waals surface area (Å²) in [5.74, 6) is 0.0771. The van der Waals surface area contributed by atoms with Crippen molar-refractivity contribution < 1.29 is 9.53 Å². The molecule has 1 unspecified atom stereocenters. The SMILES string of the molecule is CCCNC(=O)C(C)NCCCOCC. The van der Waals surface area contributed by atoms with Crippen molar-refractivity contribution in [2.45, 2.75) is 39.7 Å². The van der Waals surface area contributed by atoms with Crippen molar-refractivity contribution in [2.75, 3.05) is 26.3 Å². The van der Waals surface area contributed by atoms with Crippen LogP contribution in [-0.2, 0) is 9.53 Å². The predicted molar refractivity (Wildman–Crippen MR) is 61.9 cm³/mol. The zero-order valence-electron chi connectivity index (χ0n) is 10.1. The van der Waals surface area contributed by atoms with Crippen molar-refractivity contribution in [3.63, 3.8) is 0 Å². The molecule has 4 heteroatoms. The highest BCUT2D eigenvalue weighted by Crippen LogP contribution is 1.85. The van der Waals surface area contributed by atoms with E-state index in [2.05, 4.69) is 10.6 Å². The highest BCUT2D eigenvalue weighted by molar-refractivity contribution is 5.81. The lowest BCUT2D eigenvalue weighted by Crippen LogP contribution is -2.42. The quantitative estimate of drug-likeness (QED) is 0.563. The molecule has 0 aliphatic rings. The minimum Gasteiger partial charge on any atom is -0.382 e. The second-order valence-electron chi connectivity index (χ2n) is 3.52. The van der Waals surface area contributed by atoms with Crippen molar-refractivity contribution in [3.8, 4) is 0 Å². The molecule has 0 saturated carbocycles. The summed E-state index contributed by atoms with van der Waals surface area (Å²) >= 11 is 0. The van der Waals surface area contributed by atoms with Crippen molar-refractivity contribution in [1.29, 1.82) is 0 Å². The number of hydrogen-bond acceptors (Lipinski definition) is 3. The Balaban J connectivity index is 3.38. The van der Waals surface area contributed by atoms with Crippen LogP contribution >= 0.6 is 0 Å². The van der Waals surface area contributed by atoms with Gasteiger partial charge in [-0.3, -0.25) is 4.79 Å². The van der Waals surface area contributed by atoms with Crippen LogP contribution in [0.4, 0.5) is 0 Å². The lowest BCUT2D eigenvalue weighted by Gasteiger charge is -2.13. The minimum atomic E-state index is -0.113. The maximum Gasteiger partial charge on any atom is 0.236 e. The average molecular weight is 216 g/mol. The molecule has 2 N–H and O–H groups in total. The van der Waals surface area contributed by atoms with Crippen LogP contribution in [0, 0.1) is 0 Å². The van der Waals surface area contributed by atoms with Crippen molar-refractivity contribution in [3.05, 3.63) is 0 Å². The topological polar surface area (TPSA) is 50.4 Å². The van der Waals surface area contributed by atoms with Gasteiger partial charge in [0.2, 0.25) is 5.91 Å². The van der Waals surface area contributed by atoms with Gasteiger partial charge in [-0.2, -0.15) is 0 Å². The van der Waals surface area contributed by atoms with E-state index < -0.39 is 0 Å². The first-order valence-corrected chi connectivity index (χ1v) is 5.81. The fraction of sp³-hybridized carbons (Fsp3) is 0.909. The zero-order chi connectivity index (χ0) is 11.5. The van der Waals surface area contributed by atoms with Crippen LogP contribution in [0.25, 0.3) is 0 Å². The van der Waals surface area contributed by atoms with Crippen molar-refractivity contribution in [1.82, 2.24) is 10.6 Å². The van der Waals surface area contributed by atoms with Gasteiger partial charge in [-0.05, 0) is 33.2 Å². The molecular formula is C11H24N2O2. The molecule has 0 fully saturated rings. The summed E-state index contributed by atoms with van der Waals surface area (Å²) < 4.78 is 5.20. The van der Waals surface area contributed by atoms with Gasteiger partial charge in [0.05, 0.1) is 6.04 Å². The molecule has 0 saturated heterocycles. The summed E-state index contributed by atoms with van der Waals surface area (Å²) in [6.07, 6.45) is 1.92. The molecule has 0 aromatic carbocycles. The van der Waals surface area contributed by atoms with Gasteiger partial charge in [-0.25, -0.2) is 0 Å². The van der Waals surface area contributed by atoms with Crippen molar-refractivity contribution in [2.24, 2.45) is 0 Å². The number of carbonyl (C=O) groups is 1. The maximum atomic E-state index is 11.4. The molecule has 0 aliphatic heterocycles. The second kappa shape index (κ2) is 9.93. The highest BCUT2D eigenvalue weighted by atomic mass is 16.5. The van der Waals surface area contributed by atoms with Gasteiger partial charge in [0.15, 0.2) is 0 Å². The maximum absolute atomic E-state index is 11.4. The van der Waals surface area contributed by atoms with E-state index in [4.69, 9.17) is 4.74 Å². The third kappa shape index (κ3) is 8.39.